The van der Waals surface area contributed by atoms with E-state index in [4.69, 9.17) is 0 Å². The van der Waals surface area contributed by atoms with E-state index in [0.717, 1.165) is 22.3 Å². The van der Waals surface area contributed by atoms with Gasteiger partial charge in [0.05, 0.1) is 9.91 Å². The molecule has 0 amide bonds. The Labute approximate surface area is 105 Å². The van der Waals surface area contributed by atoms with E-state index in [1.807, 2.05) is 37.3 Å². The molecule has 2 nitrogen and oxygen atoms in total. The molecule has 1 aromatic carbocycles. The minimum absolute atomic E-state index is 0.247. The average molecular weight is 296 g/mol. The number of phenolic OH excluding ortho intramolecular Hbond substituents is 1. The number of aryl methyl sites for hydroxylation is 1. The molecule has 1 N–H and O–H groups in total. The van der Waals surface area contributed by atoms with E-state index < -0.39 is 0 Å². The first-order valence-corrected chi connectivity index (χ1v) is 6.17. The molecule has 1 atom stereocenters. The standard InChI is InChI=1S/C12H11BrNOP/c1-7-5-6-9(12(16)14-7)8-3-2-4-10(13)11(8)15/h2-6,15H,16H2,1H3. The van der Waals surface area contributed by atoms with Crippen molar-refractivity contribution in [2.45, 2.75) is 6.92 Å². The van der Waals surface area contributed by atoms with Crippen LogP contribution in [-0.4, -0.2) is 10.1 Å². The predicted molar refractivity (Wildman–Crippen MR) is 73.1 cm³/mol. The molecule has 0 aliphatic carbocycles. The van der Waals surface area contributed by atoms with Crippen molar-refractivity contribution in [1.82, 2.24) is 4.98 Å². The van der Waals surface area contributed by atoms with E-state index in [9.17, 15) is 5.11 Å². The van der Waals surface area contributed by atoms with Crippen LogP contribution in [-0.2, 0) is 0 Å². The Balaban J connectivity index is 2.63. The van der Waals surface area contributed by atoms with Crippen LogP contribution in [0.2, 0.25) is 0 Å². The van der Waals surface area contributed by atoms with Gasteiger partial charge >= 0.3 is 0 Å². The summed E-state index contributed by atoms with van der Waals surface area (Å²) in [4.78, 5) is 4.36. The third kappa shape index (κ3) is 2.11. The summed E-state index contributed by atoms with van der Waals surface area (Å²) < 4.78 is 0.690. The number of phenols is 1. The summed E-state index contributed by atoms with van der Waals surface area (Å²) in [6, 6.07) is 9.47. The largest absolute Gasteiger partial charge is 0.506 e. The second-order valence-electron chi connectivity index (χ2n) is 3.52. The van der Waals surface area contributed by atoms with Gasteiger partial charge in [-0.2, -0.15) is 0 Å². The molecule has 2 aromatic rings. The molecule has 1 unspecified atom stereocenters. The molecule has 0 saturated carbocycles. The minimum Gasteiger partial charge on any atom is -0.506 e. The molecule has 1 heterocycles. The van der Waals surface area contributed by atoms with Gasteiger partial charge in [-0.1, -0.05) is 27.4 Å². The molecule has 0 saturated heterocycles. The maximum absolute atomic E-state index is 9.96. The number of pyridine rings is 1. The molecule has 16 heavy (non-hydrogen) atoms. The first-order valence-electron chi connectivity index (χ1n) is 4.80. The third-order valence-electron chi connectivity index (χ3n) is 2.34. The Morgan fingerprint density at radius 3 is 2.62 bits per heavy atom. The van der Waals surface area contributed by atoms with E-state index in [0.29, 0.717) is 4.47 Å². The van der Waals surface area contributed by atoms with Crippen LogP contribution in [0, 0.1) is 6.92 Å². The van der Waals surface area contributed by atoms with E-state index in [1.54, 1.807) is 0 Å². The third-order valence-corrected chi connectivity index (χ3v) is 3.42. The van der Waals surface area contributed by atoms with Crippen LogP contribution in [0.1, 0.15) is 5.69 Å². The lowest BCUT2D eigenvalue weighted by Crippen LogP contribution is -2.03. The minimum atomic E-state index is 0.247. The molecule has 2 rings (SSSR count). The van der Waals surface area contributed by atoms with Gasteiger partial charge in [0.1, 0.15) is 5.75 Å². The molecule has 0 fully saturated rings. The van der Waals surface area contributed by atoms with Crippen LogP contribution in [0.5, 0.6) is 5.75 Å². The highest BCUT2D eigenvalue weighted by Crippen LogP contribution is 2.34. The smallest absolute Gasteiger partial charge is 0.137 e. The van der Waals surface area contributed by atoms with E-state index >= 15 is 0 Å². The fourth-order valence-electron chi connectivity index (χ4n) is 1.54. The van der Waals surface area contributed by atoms with Gasteiger partial charge in [0.25, 0.3) is 0 Å². The lowest BCUT2D eigenvalue weighted by atomic mass is 10.1. The van der Waals surface area contributed by atoms with Gasteiger partial charge in [-0.25, -0.2) is 0 Å². The number of para-hydroxylation sites is 1. The number of rotatable bonds is 1. The summed E-state index contributed by atoms with van der Waals surface area (Å²) in [7, 11) is 2.60. The number of nitrogens with zero attached hydrogens (tertiary/aromatic N) is 1. The zero-order valence-electron chi connectivity index (χ0n) is 8.74. The molecule has 4 heteroatoms. The lowest BCUT2D eigenvalue weighted by Gasteiger charge is -2.09. The van der Waals surface area contributed by atoms with Crippen LogP contribution in [0.25, 0.3) is 11.1 Å². The number of hydrogen-bond donors (Lipinski definition) is 1. The van der Waals surface area contributed by atoms with Crippen molar-refractivity contribution in [1.29, 1.82) is 0 Å². The quantitative estimate of drug-likeness (QED) is 0.821. The van der Waals surface area contributed by atoms with Crippen molar-refractivity contribution >= 4 is 30.6 Å². The summed E-state index contributed by atoms with van der Waals surface area (Å²) >= 11 is 3.31. The Morgan fingerprint density at radius 2 is 1.94 bits per heavy atom. The maximum Gasteiger partial charge on any atom is 0.137 e. The van der Waals surface area contributed by atoms with E-state index in [2.05, 4.69) is 30.2 Å². The van der Waals surface area contributed by atoms with Gasteiger partial charge in [0.15, 0.2) is 0 Å². The first kappa shape index (κ1) is 11.6. The molecular formula is C12H11BrNOP. The zero-order chi connectivity index (χ0) is 11.7. The number of hydrogen-bond acceptors (Lipinski definition) is 2. The van der Waals surface area contributed by atoms with Crippen LogP contribution in [0.4, 0.5) is 0 Å². The van der Waals surface area contributed by atoms with E-state index in [-0.39, 0.29) is 5.75 Å². The van der Waals surface area contributed by atoms with Crippen LogP contribution in [0.15, 0.2) is 34.8 Å². The fourth-order valence-corrected chi connectivity index (χ4v) is 2.36. The molecule has 82 valence electrons. The number of benzene rings is 1. The molecule has 0 aliphatic rings. The first-order chi connectivity index (χ1) is 7.59. The molecule has 0 aliphatic heterocycles. The van der Waals surface area contributed by atoms with Crippen LogP contribution < -0.4 is 5.44 Å². The van der Waals surface area contributed by atoms with Gasteiger partial charge in [0.2, 0.25) is 0 Å². The van der Waals surface area contributed by atoms with Crippen molar-refractivity contribution in [2.24, 2.45) is 0 Å². The highest BCUT2D eigenvalue weighted by molar-refractivity contribution is 9.10. The van der Waals surface area contributed by atoms with Gasteiger partial charge < -0.3 is 5.11 Å². The Bertz CT molecular complexity index is 543. The number of halogens is 1. The number of aromatic hydroxyl groups is 1. The Morgan fingerprint density at radius 1 is 1.19 bits per heavy atom. The maximum atomic E-state index is 9.96. The average Bonchev–Trinajstić information content (AvgIpc) is 2.23. The van der Waals surface area contributed by atoms with Crippen molar-refractivity contribution < 1.29 is 5.11 Å². The molecular weight excluding hydrogens is 285 g/mol. The van der Waals surface area contributed by atoms with Crippen LogP contribution in [0.3, 0.4) is 0 Å². The van der Waals surface area contributed by atoms with Gasteiger partial charge in [-0.05, 0) is 35.0 Å². The second kappa shape index (κ2) is 4.52. The molecule has 0 radical (unpaired) electrons. The van der Waals surface area contributed by atoms with Gasteiger partial charge in [-0.15, -0.1) is 0 Å². The van der Waals surface area contributed by atoms with Gasteiger partial charge in [-0.3, -0.25) is 4.98 Å². The molecule has 0 bridgehead atoms. The topological polar surface area (TPSA) is 33.1 Å². The highest BCUT2D eigenvalue weighted by atomic mass is 79.9. The highest BCUT2D eigenvalue weighted by Gasteiger charge is 2.10. The van der Waals surface area contributed by atoms with E-state index in [1.165, 1.54) is 0 Å². The van der Waals surface area contributed by atoms with Crippen molar-refractivity contribution in [2.75, 3.05) is 0 Å². The SMILES string of the molecule is Cc1ccc(-c2cccc(Br)c2O)c(P)n1. The Hall–Kier alpha value is -0.920. The number of aromatic nitrogens is 1. The van der Waals surface area contributed by atoms with Gasteiger partial charge in [0, 0.05) is 16.8 Å². The summed E-state index contributed by atoms with van der Waals surface area (Å²) in [6.07, 6.45) is 0. The predicted octanol–water partition coefficient (Wildman–Crippen LogP) is 3.03. The second-order valence-corrected chi connectivity index (χ2v) is 4.92. The van der Waals surface area contributed by atoms with Crippen molar-refractivity contribution in [3.63, 3.8) is 0 Å². The monoisotopic (exact) mass is 295 g/mol. The Kier molecular flexibility index (Phi) is 3.27. The van der Waals surface area contributed by atoms with Crippen LogP contribution >= 0.6 is 25.2 Å². The summed E-state index contributed by atoms with van der Waals surface area (Å²) in [5.41, 5.74) is 3.51. The zero-order valence-corrected chi connectivity index (χ0v) is 11.5. The summed E-state index contributed by atoms with van der Waals surface area (Å²) in [5.74, 6) is 0.247. The summed E-state index contributed by atoms with van der Waals surface area (Å²) in [5, 5.41) is 9.96. The molecule has 0 spiro atoms. The molecule has 1 aromatic heterocycles. The summed E-state index contributed by atoms with van der Waals surface area (Å²) in [6.45, 7) is 1.94. The lowest BCUT2D eigenvalue weighted by molar-refractivity contribution is 0.474. The normalized spacial score (nSPS) is 10.4. The van der Waals surface area contributed by atoms with Crippen molar-refractivity contribution in [3.8, 4) is 16.9 Å². The fraction of sp³-hybridized carbons (Fsp3) is 0.0833. The van der Waals surface area contributed by atoms with Crippen molar-refractivity contribution in [3.05, 3.63) is 40.5 Å².